The molecule has 0 amide bonds. The van der Waals surface area contributed by atoms with Crippen LogP contribution in [-0.2, 0) is 7.05 Å². The van der Waals surface area contributed by atoms with Gasteiger partial charge < -0.3 is 9.67 Å². The fourth-order valence-electron chi connectivity index (χ4n) is 1.58. The lowest BCUT2D eigenvalue weighted by molar-refractivity contribution is 0.185. The number of hydrogen-bond donors (Lipinski definition) is 1. The van der Waals surface area contributed by atoms with Gasteiger partial charge >= 0.3 is 0 Å². The second-order valence-corrected chi connectivity index (χ2v) is 4.00. The molecule has 0 saturated carbocycles. The molecule has 0 bridgehead atoms. The van der Waals surface area contributed by atoms with Gasteiger partial charge in [-0.3, -0.25) is 0 Å². The van der Waals surface area contributed by atoms with E-state index in [1.165, 1.54) is 0 Å². The van der Waals surface area contributed by atoms with Crippen LogP contribution >= 0.6 is 11.6 Å². The first kappa shape index (κ1) is 11.1. The van der Waals surface area contributed by atoms with Gasteiger partial charge in [0.25, 0.3) is 0 Å². The Bertz CT molecular complexity index is 508. The van der Waals surface area contributed by atoms with Crippen molar-refractivity contribution < 1.29 is 5.11 Å². The Morgan fingerprint density at radius 2 is 2.00 bits per heavy atom. The van der Waals surface area contributed by atoms with E-state index in [1.807, 2.05) is 18.2 Å². The Kier molecular flexibility index (Phi) is 2.94. The zero-order chi connectivity index (χ0) is 11.7. The molecule has 0 saturated heterocycles. The number of benzene rings is 1. The average Bonchev–Trinajstić information content (AvgIpc) is 2.61. The lowest BCUT2D eigenvalue weighted by Gasteiger charge is -2.06. The maximum atomic E-state index is 9.48. The standard InChI is InChI=1S/C11H12ClN3O/c1-7(16)10-13-14-11(15(10)2)8-5-3-4-6-9(8)12/h3-7,16H,1-2H3/t7-/m0/s1. The first-order chi connectivity index (χ1) is 7.61. The molecule has 84 valence electrons. The van der Waals surface area contributed by atoms with Crippen LogP contribution in [0.25, 0.3) is 11.4 Å². The summed E-state index contributed by atoms with van der Waals surface area (Å²) in [4.78, 5) is 0. The summed E-state index contributed by atoms with van der Waals surface area (Å²) < 4.78 is 1.74. The number of nitrogens with zero attached hydrogens (tertiary/aromatic N) is 3. The third-order valence-corrected chi connectivity index (χ3v) is 2.73. The first-order valence-corrected chi connectivity index (χ1v) is 5.31. The first-order valence-electron chi connectivity index (χ1n) is 4.93. The summed E-state index contributed by atoms with van der Waals surface area (Å²) in [5, 5.41) is 18.1. The quantitative estimate of drug-likeness (QED) is 0.871. The largest absolute Gasteiger partial charge is 0.385 e. The van der Waals surface area contributed by atoms with Crippen LogP contribution in [0.1, 0.15) is 18.9 Å². The fraction of sp³-hybridized carbons (Fsp3) is 0.273. The van der Waals surface area contributed by atoms with Crippen LogP contribution in [-0.4, -0.2) is 19.9 Å². The van der Waals surface area contributed by atoms with Crippen molar-refractivity contribution >= 4 is 11.6 Å². The Hall–Kier alpha value is -1.39. The maximum Gasteiger partial charge on any atom is 0.165 e. The molecule has 1 atom stereocenters. The van der Waals surface area contributed by atoms with Crippen LogP contribution in [0.2, 0.25) is 5.02 Å². The van der Waals surface area contributed by atoms with E-state index in [-0.39, 0.29) is 0 Å². The van der Waals surface area contributed by atoms with E-state index in [0.29, 0.717) is 16.7 Å². The Labute approximate surface area is 98.5 Å². The van der Waals surface area contributed by atoms with Crippen molar-refractivity contribution in [2.75, 3.05) is 0 Å². The van der Waals surface area contributed by atoms with Crippen molar-refractivity contribution in [2.45, 2.75) is 13.0 Å². The molecule has 0 radical (unpaired) electrons. The highest BCUT2D eigenvalue weighted by molar-refractivity contribution is 6.33. The van der Waals surface area contributed by atoms with Gasteiger partial charge in [0.1, 0.15) is 6.10 Å². The Balaban J connectivity index is 2.54. The molecular formula is C11H12ClN3O. The predicted octanol–water partition coefficient (Wildman–Crippen LogP) is 2.19. The van der Waals surface area contributed by atoms with Crippen molar-refractivity contribution in [1.82, 2.24) is 14.8 Å². The van der Waals surface area contributed by atoms with E-state index < -0.39 is 6.10 Å². The number of hydrogen-bond acceptors (Lipinski definition) is 3. The fourth-order valence-corrected chi connectivity index (χ4v) is 1.80. The molecule has 0 aliphatic heterocycles. The lowest BCUT2D eigenvalue weighted by Crippen LogP contribution is -2.03. The summed E-state index contributed by atoms with van der Waals surface area (Å²) in [5.41, 5.74) is 0.811. The van der Waals surface area contributed by atoms with E-state index >= 15 is 0 Å². The minimum atomic E-state index is -0.645. The number of aromatic nitrogens is 3. The van der Waals surface area contributed by atoms with E-state index in [1.54, 1.807) is 24.6 Å². The highest BCUT2D eigenvalue weighted by Crippen LogP contribution is 2.26. The Morgan fingerprint density at radius 3 is 2.56 bits per heavy atom. The van der Waals surface area contributed by atoms with Gasteiger partial charge in [-0.2, -0.15) is 0 Å². The van der Waals surface area contributed by atoms with E-state index in [2.05, 4.69) is 10.2 Å². The molecular weight excluding hydrogens is 226 g/mol. The lowest BCUT2D eigenvalue weighted by atomic mass is 10.2. The van der Waals surface area contributed by atoms with Crippen LogP contribution in [0.5, 0.6) is 0 Å². The molecule has 5 heteroatoms. The topological polar surface area (TPSA) is 50.9 Å². The molecule has 16 heavy (non-hydrogen) atoms. The maximum absolute atomic E-state index is 9.48. The van der Waals surface area contributed by atoms with Gasteiger partial charge in [-0.25, -0.2) is 0 Å². The second kappa shape index (κ2) is 4.23. The number of aliphatic hydroxyl groups excluding tert-OH is 1. The van der Waals surface area contributed by atoms with Crippen molar-refractivity contribution in [1.29, 1.82) is 0 Å². The summed E-state index contributed by atoms with van der Waals surface area (Å²) in [6, 6.07) is 7.42. The zero-order valence-corrected chi connectivity index (χ0v) is 9.81. The van der Waals surface area contributed by atoms with Crippen LogP contribution in [0.3, 0.4) is 0 Å². The molecule has 1 aromatic carbocycles. The van der Waals surface area contributed by atoms with Gasteiger partial charge in [0.15, 0.2) is 11.6 Å². The van der Waals surface area contributed by atoms with Crippen LogP contribution < -0.4 is 0 Å². The van der Waals surface area contributed by atoms with Crippen LogP contribution in [0.4, 0.5) is 0 Å². The molecule has 0 unspecified atom stereocenters. The van der Waals surface area contributed by atoms with Gasteiger partial charge in [0.2, 0.25) is 0 Å². The summed E-state index contributed by atoms with van der Waals surface area (Å²) in [6.45, 7) is 1.65. The molecule has 2 rings (SSSR count). The number of halogens is 1. The van der Waals surface area contributed by atoms with Crippen LogP contribution in [0, 0.1) is 0 Å². The minimum absolute atomic E-state index is 0.523. The molecule has 1 heterocycles. The molecule has 0 spiro atoms. The monoisotopic (exact) mass is 237 g/mol. The second-order valence-electron chi connectivity index (χ2n) is 3.60. The summed E-state index contributed by atoms with van der Waals surface area (Å²) in [6.07, 6.45) is -0.645. The van der Waals surface area contributed by atoms with Crippen molar-refractivity contribution in [3.05, 3.63) is 35.1 Å². The molecule has 0 aliphatic carbocycles. The minimum Gasteiger partial charge on any atom is -0.385 e. The van der Waals surface area contributed by atoms with Crippen molar-refractivity contribution in [3.63, 3.8) is 0 Å². The van der Waals surface area contributed by atoms with E-state index in [4.69, 9.17) is 11.6 Å². The molecule has 0 fully saturated rings. The molecule has 4 nitrogen and oxygen atoms in total. The highest BCUT2D eigenvalue weighted by atomic mass is 35.5. The Morgan fingerprint density at radius 1 is 1.31 bits per heavy atom. The predicted molar refractivity (Wildman–Crippen MR) is 62.1 cm³/mol. The summed E-state index contributed by atoms with van der Waals surface area (Å²) in [5.74, 6) is 1.18. The van der Waals surface area contributed by atoms with Crippen molar-refractivity contribution in [2.24, 2.45) is 7.05 Å². The van der Waals surface area contributed by atoms with Gasteiger partial charge in [-0.1, -0.05) is 23.7 Å². The molecule has 1 N–H and O–H groups in total. The number of rotatable bonds is 2. The van der Waals surface area contributed by atoms with Gasteiger partial charge in [-0.05, 0) is 19.1 Å². The van der Waals surface area contributed by atoms with Gasteiger partial charge in [0, 0.05) is 12.6 Å². The zero-order valence-electron chi connectivity index (χ0n) is 9.05. The van der Waals surface area contributed by atoms with Crippen molar-refractivity contribution in [3.8, 4) is 11.4 Å². The SMILES string of the molecule is C[C@H](O)c1nnc(-c2ccccc2Cl)n1C. The summed E-state index contributed by atoms with van der Waals surface area (Å²) >= 11 is 6.08. The smallest absolute Gasteiger partial charge is 0.165 e. The van der Waals surface area contributed by atoms with Crippen LogP contribution in [0.15, 0.2) is 24.3 Å². The van der Waals surface area contributed by atoms with E-state index in [0.717, 1.165) is 5.56 Å². The third-order valence-electron chi connectivity index (χ3n) is 2.40. The molecule has 0 aliphatic rings. The average molecular weight is 238 g/mol. The molecule has 1 aromatic heterocycles. The number of aliphatic hydroxyl groups is 1. The normalized spacial score (nSPS) is 12.8. The van der Waals surface area contributed by atoms with Gasteiger partial charge in [0.05, 0.1) is 5.02 Å². The van der Waals surface area contributed by atoms with E-state index in [9.17, 15) is 5.11 Å². The third kappa shape index (κ3) is 1.81. The van der Waals surface area contributed by atoms with Gasteiger partial charge in [-0.15, -0.1) is 10.2 Å². The molecule has 2 aromatic rings. The highest BCUT2D eigenvalue weighted by Gasteiger charge is 2.15. The summed E-state index contributed by atoms with van der Waals surface area (Å²) in [7, 11) is 1.81.